The van der Waals surface area contributed by atoms with Gasteiger partial charge in [-0.05, 0) is 32.1 Å². The minimum atomic E-state index is 0.748. The first-order valence-electron chi connectivity index (χ1n) is 4.13. The smallest absolute Gasteiger partial charge is 0.0241 e. The monoisotopic (exact) mass is 214 g/mol. The van der Waals surface area contributed by atoms with Crippen LogP contribution in [-0.4, -0.2) is 5.33 Å². The highest BCUT2D eigenvalue weighted by atomic mass is 79.9. The molecule has 0 N–H and O–H groups in total. The molecule has 0 saturated carbocycles. The van der Waals surface area contributed by atoms with Crippen molar-refractivity contribution in [1.82, 2.24) is 0 Å². The van der Waals surface area contributed by atoms with E-state index < -0.39 is 0 Å². The van der Waals surface area contributed by atoms with Crippen molar-refractivity contribution in [2.45, 2.75) is 26.2 Å². The highest BCUT2D eigenvalue weighted by Gasteiger charge is 2.13. The second-order valence-corrected chi connectivity index (χ2v) is 3.87. The lowest BCUT2D eigenvalue weighted by atomic mass is 9.86. The van der Waals surface area contributed by atoms with Crippen LogP contribution in [0.2, 0.25) is 0 Å². The Morgan fingerprint density at radius 2 is 2.55 bits per heavy atom. The number of rotatable bonds is 2. The van der Waals surface area contributed by atoms with Gasteiger partial charge < -0.3 is 0 Å². The molecule has 1 rings (SSSR count). The van der Waals surface area contributed by atoms with Crippen LogP contribution in [-0.2, 0) is 0 Å². The van der Waals surface area contributed by atoms with E-state index in [1.54, 1.807) is 5.57 Å². The summed E-state index contributed by atoms with van der Waals surface area (Å²) in [6, 6.07) is 0. The third-order valence-corrected chi connectivity index (χ3v) is 3.09. The topological polar surface area (TPSA) is 0 Å². The molecule has 1 heteroatoms. The summed E-state index contributed by atoms with van der Waals surface area (Å²) < 4.78 is 0. The predicted molar refractivity (Wildman–Crippen MR) is 54.0 cm³/mol. The van der Waals surface area contributed by atoms with Gasteiger partial charge in [0.25, 0.3) is 0 Å². The molecule has 0 aromatic heterocycles. The van der Waals surface area contributed by atoms with Crippen molar-refractivity contribution in [2.24, 2.45) is 5.92 Å². The van der Waals surface area contributed by atoms with Crippen LogP contribution in [0.15, 0.2) is 23.8 Å². The average Bonchev–Trinajstić information content (AvgIpc) is 2.05. The molecule has 1 atom stereocenters. The van der Waals surface area contributed by atoms with E-state index in [0.29, 0.717) is 0 Å². The van der Waals surface area contributed by atoms with Gasteiger partial charge in [0.2, 0.25) is 0 Å². The molecule has 62 valence electrons. The predicted octanol–water partition coefficient (Wildman–Crippen LogP) is 3.68. The lowest BCUT2D eigenvalue weighted by molar-refractivity contribution is 0.541. The SMILES string of the molecule is C=C(C)[C@H]1CC=C(CBr)CC1. The van der Waals surface area contributed by atoms with E-state index in [-0.39, 0.29) is 0 Å². The van der Waals surface area contributed by atoms with Crippen molar-refractivity contribution >= 4 is 15.9 Å². The summed E-state index contributed by atoms with van der Waals surface area (Å²) in [6.45, 7) is 6.13. The molecule has 1 aliphatic carbocycles. The second kappa shape index (κ2) is 4.10. The minimum absolute atomic E-state index is 0.748. The van der Waals surface area contributed by atoms with Crippen LogP contribution in [0, 0.1) is 5.92 Å². The fraction of sp³-hybridized carbons (Fsp3) is 0.600. The van der Waals surface area contributed by atoms with E-state index in [0.717, 1.165) is 11.2 Å². The summed E-state index contributed by atoms with van der Waals surface area (Å²) in [5.41, 5.74) is 2.90. The van der Waals surface area contributed by atoms with Crippen LogP contribution in [0.4, 0.5) is 0 Å². The van der Waals surface area contributed by atoms with Crippen LogP contribution in [0.3, 0.4) is 0 Å². The van der Waals surface area contributed by atoms with Crippen LogP contribution < -0.4 is 0 Å². The normalized spacial score (nSPS) is 24.5. The Morgan fingerprint density at radius 1 is 1.82 bits per heavy atom. The van der Waals surface area contributed by atoms with E-state index in [4.69, 9.17) is 0 Å². The summed E-state index contributed by atoms with van der Waals surface area (Å²) in [7, 11) is 0. The van der Waals surface area contributed by atoms with Gasteiger partial charge in [-0.15, -0.1) is 0 Å². The van der Waals surface area contributed by atoms with Gasteiger partial charge in [-0.1, -0.05) is 39.7 Å². The zero-order valence-electron chi connectivity index (χ0n) is 7.07. The number of allylic oxidation sites excluding steroid dienone is 3. The third kappa shape index (κ3) is 2.48. The summed E-state index contributed by atoms with van der Waals surface area (Å²) in [5.74, 6) is 0.748. The molecular formula is C10H15Br. The van der Waals surface area contributed by atoms with E-state index in [1.165, 1.54) is 24.8 Å². The molecule has 0 aliphatic heterocycles. The molecule has 0 unspecified atom stereocenters. The zero-order valence-corrected chi connectivity index (χ0v) is 8.65. The zero-order chi connectivity index (χ0) is 8.27. The highest BCUT2D eigenvalue weighted by molar-refractivity contribution is 9.09. The van der Waals surface area contributed by atoms with E-state index in [9.17, 15) is 0 Å². The summed E-state index contributed by atoms with van der Waals surface area (Å²) in [4.78, 5) is 0. The molecule has 0 saturated heterocycles. The van der Waals surface area contributed by atoms with Crippen molar-refractivity contribution in [3.05, 3.63) is 23.8 Å². The van der Waals surface area contributed by atoms with Crippen molar-refractivity contribution in [1.29, 1.82) is 0 Å². The number of alkyl halides is 1. The van der Waals surface area contributed by atoms with Gasteiger partial charge in [-0.3, -0.25) is 0 Å². The molecule has 0 aromatic rings. The first-order valence-corrected chi connectivity index (χ1v) is 5.25. The van der Waals surface area contributed by atoms with Crippen LogP contribution in [0.1, 0.15) is 26.2 Å². The van der Waals surface area contributed by atoms with Crippen LogP contribution in [0.25, 0.3) is 0 Å². The van der Waals surface area contributed by atoms with Crippen LogP contribution >= 0.6 is 15.9 Å². The summed E-state index contributed by atoms with van der Waals surface area (Å²) in [5, 5.41) is 1.05. The van der Waals surface area contributed by atoms with E-state index in [1.807, 2.05) is 0 Å². The van der Waals surface area contributed by atoms with E-state index >= 15 is 0 Å². The quantitative estimate of drug-likeness (QED) is 0.486. The molecule has 0 radical (unpaired) electrons. The van der Waals surface area contributed by atoms with Gasteiger partial charge in [0.15, 0.2) is 0 Å². The summed E-state index contributed by atoms with van der Waals surface area (Å²) in [6.07, 6.45) is 6.11. The summed E-state index contributed by atoms with van der Waals surface area (Å²) >= 11 is 3.48. The Morgan fingerprint density at radius 3 is 2.91 bits per heavy atom. The Labute approximate surface area is 77.5 Å². The van der Waals surface area contributed by atoms with Gasteiger partial charge in [-0.25, -0.2) is 0 Å². The first kappa shape index (κ1) is 9.05. The maximum atomic E-state index is 3.99. The Bertz CT molecular complexity index is 179. The lowest BCUT2D eigenvalue weighted by Crippen LogP contribution is -2.06. The number of halogens is 1. The maximum absolute atomic E-state index is 3.99. The lowest BCUT2D eigenvalue weighted by Gasteiger charge is -2.20. The molecule has 0 fully saturated rings. The molecule has 0 nitrogen and oxygen atoms in total. The fourth-order valence-electron chi connectivity index (χ4n) is 1.46. The Kier molecular flexibility index (Phi) is 3.38. The average molecular weight is 215 g/mol. The Balaban J connectivity index is 2.47. The molecule has 0 spiro atoms. The highest BCUT2D eigenvalue weighted by Crippen LogP contribution is 2.28. The number of hydrogen-bond acceptors (Lipinski definition) is 0. The molecule has 11 heavy (non-hydrogen) atoms. The molecule has 0 bridgehead atoms. The van der Waals surface area contributed by atoms with E-state index in [2.05, 4.69) is 35.5 Å². The third-order valence-electron chi connectivity index (χ3n) is 2.37. The first-order chi connectivity index (χ1) is 5.24. The van der Waals surface area contributed by atoms with Gasteiger partial charge >= 0.3 is 0 Å². The standard InChI is InChI=1S/C10H15Br/c1-8(2)10-5-3-9(7-11)4-6-10/h3,10H,1,4-7H2,2H3/t10-/m0/s1. The van der Waals surface area contributed by atoms with Crippen molar-refractivity contribution in [3.63, 3.8) is 0 Å². The van der Waals surface area contributed by atoms with Crippen molar-refractivity contribution in [3.8, 4) is 0 Å². The molecule has 0 amide bonds. The minimum Gasteiger partial charge on any atom is -0.0998 e. The molecule has 0 heterocycles. The van der Waals surface area contributed by atoms with Crippen LogP contribution in [0.5, 0.6) is 0 Å². The molecular weight excluding hydrogens is 200 g/mol. The van der Waals surface area contributed by atoms with Gasteiger partial charge in [0.1, 0.15) is 0 Å². The van der Waals surface area contributed by atoms with Crippen molar-refractivity contribution in [2.75, 3.05) is 5.33 Å². The largest absolute Gasteiger partial charge is 0.0998 e. The van der Waals surface area contributed by atoms with Gasteiger partial charge in [0, 0.05) is 5.33 Å². The number of hydrogen-bond donors (Lipinski definition) is 0. The molecule has 1 aliphatic rings. The van der Waals surface area contributed by atoms with Gasteiger partial charge in [0.05, 0.1) is 0 Å². The molecule has 0 aromatic carbocycles. The maximum Gasteiger partial charge on any atom is 0.0241 e. The van der Waals surface area contributed by atoms with Gasteiger partial charge in [-0.2, -0.15) is 0 Å². The fourth-order valence-corrected chi connectivity index (χ4v) is 1.97. The second-order valence-electron chi connectivity index (χ2n) is 3.31. The van der Waals surface area contributed by atoms with Crippen molar-refractivity contribution < 1.29 is 0 Å². The Hall–Kier alpha value is -0.0400.